The number of nitrogens with one attached hydrogen (secondary N) is 1. The second-order valence-corrected chi connectivity index (χ2v) is 4.96. The van der Waals surface area contributed by atoms with Gasteiger partial charge in [-0.25, -0.2) is 0 Å². The van der Waals surface area contributed by atoms with E-state index in [0.717, 1.165) is 24.8 Å². The van der Waals surface area contributed by atoms with Crippen molar-refractivity contribution in [1.29, 1.82) is 0 Å². The summed E-state index contributed by atoms with van der Waals surface area (Å²) < 4.78 is 5.38. The Labute approximate surface area is 112 Å². The lowest BCUT2D eigenvalue weighted by atomic mass is 10.0. The zero-order valence-electron chi connectivity index (χ0n) is 10.5. The first kappa shape index (κ1) is 13.4. The Morgan fingerprint density at radius 2 is 2.22 bits per heavy atom. The van der Waals surface area contributed by atoms with Crippen molar-refractivity contribution >= 4 is 17.5 Å². The lowest BCUT2D eigenvalue weighted by Crippen LogP contribution is -2.36. The molecule has 0 bridgehead atoms. The fourth-order valence-corrected chi connectivity index (χ4v) is 2.29. The van der Waals surface area contributed by atoms with Crippen LogP contribution in [0.5, 0.6) is 0 Å². The number of ether oxygens (including phenoxy) is 1. The molecule has 18 heavy (non-hydrogen) atoms. The molecule has 1 aromatic carbocycles. The minimum atomic E-state index is -0.272. The van der Waals surface area contributed by atoms with Gasteiger partial charge in [-0.15, -0.1) is 0 Å². The van der Waals surface area contributed by atoms with Gasteiger partial charge in [0, 0.05) is 11.6 Å². The van der Waals surface area contributed by atoms with Crippen LogP contribution in [0, 0.1) is 0 Å². The number of hydrogen-bond acceptors (Lipinski definition) is 2. The van der Waals surface area contributed by atoms with Gasteiger partial charge in [-0.1, -0.05) is 30.7 Å². The summed E-state index contributed by atoms with van der Waals surface area (Å²) in [7, 11) is 0. The third-order valence-electron chi connectivity index (χ3n) is 3.22. The highest BCUT2D eigenvalue weighted by Crippen LogP contribution is 2.20. The minimum Gasteiger partial charge on any atom is -0.368 e. The van der Waals surface area contributed by atoms with E-state index < -0.39 is 0 Å². The van der Waals surface area contributed by atoms with E-state index in [1.54, 1.807) is 0 Å². The maximum Gasteiger partial charge on any atom is 0.249 e. The van der Waals surface area contributed by atoms with Gasteiger partial charge < -0.3 is 10.1 Å². The highest BCUT2D eigenvalue weighted by molar-refractivity contribution is 6.30. The number of hydrogen-bond donors (Lipinski definition) is 1. The quantitative estimate of drug-likeness (QED) is 0.910. The van der Waals surface area contributed by atoms with Crippen LogP contribution in [0.3, 0.4) is 0 Å². The number of benzene rings is 1. The average molecular weight is 268 g/mol. The zero-order valence-corrected chi connectivity index (χ0v) is 11.2. The molecule has 1 aliphatic heterocycles. The van der Waals surface area contributed by atoms with E-state index in [1.807, 2.05) is 24.3 Å². The Morgan fingerprint density at radius 1 is 1.50 bits per heavy atom. The predicted octanol–water partition coefficient (Wildman–Crippen LogP) is 3.09. The van der Waals surface area contributed by atoms with E-state index in [2.05, 4.69) is 12.2 Å². The second kappa shape index (κ2) is 6.21. The van der Waals surface area contributed by atoms with Gasteiger partial charge in [-0.3, -0.25) is 4.79 Å². The molecule has 0 radical (unpaired) electrons. The summed E-state index contributed by atoms with van der Waals surface area (Å²) in [5.74, 6) is -0.00528. The van der Waals surface area contributed by atoms with Crippen molar-refractivity contribution < 1.29 is 9.53 Å². The Hall–Kier alpha value is -1.06. The van der Waals surface area contributed by atoms with Crippen LogP contribution in [0.15, 0.2) is 24.3 Å². The lowest BCUT2D eigenvalue weighted by molar-refractivity contribution is -0.130. The van der Waals surface area contributed by atoms with Gasteiger partial charge in [0.1, 0.15) is 6.10 Å². The number of amides is 1. The third kappa shape index (κ3) is 3.24. The van der Waals surface area contributed by atoms with Crippen LogP contribution in [0.1, 0.15) is 37.8 Å². The summed E-state index contributed by atoms with van der Waals surface area (Å²) in [6.07, 6.45) is 2.37. The molecule has 4 heteroatoms. The predicted molar refractivity (Wildman–Crippen MR) is 71.6 cm³/mol. The maximum absolute atomic E-state index is 12.0. The first-order valence-electron chi connectivity index (χ1n) is 6.38. The Bertz CT molecular complexity index is 399. The third-order valence-corrected chi connectivity index (χ3v) is 3.47. The van der Waals surface area contributed by atoms with E-state index in [9.17, 15) is 4.79 Å². The van der Waals surface area contributed by atoms with Crippen LogP contribution in [-0.2, 0) is 9.53 Å². The van der Waals surface area contributed by atoms with Crippen LogP contribution >= 0.6 is 11.6 Å². The van der Waals surface area contributed by atoms with Crippen molar-refractivity contribution in [2.45, 2.75) is 38.3 Å². The van der Waals surface area contributed by atoms with E-state index >= 15 is 0 Å². The van der Waals surface area contributed by atoms with Crippen molar-refractivity contribution in [2.24, 2.45) is 0 Å². The van der Waals surface area contributed by atoms with Crippen LogP contribution < -0.4 is 5.32 Å². The largest absolute Gasteiger partial charge is 0.368 e. The normalized spacial score (nSPS) is 20.7. The van der Waals surface area contributed by atoms with E-state index in [-0.39, 0.29) is 18.1 Å². The fourth-order valence-electron chi connectivity index (χ4n) is 2.17. The molecule has 1 N–H and O–H groups in total. The highest BCUT2D eigenvalue weighted by Gasteiger charge is 2.25. The smallest absolute Gasteiger partial charge is 0.249 e. The first-order valence-corrected chi connectivity index (χ1v) is 6.76. The molecule has 1 saturated heterocycles. The van der Waals surface area contributed by atoms with Crippen LogP contribution in [0.4, 0.5) is 0 Å². The number of rotatable bonds is 4. The van der Waals surface area contributed by atoms with Gasteiger partial charge in [-0.2, -0.15) is 0 Å². The molecule has 1 aliphatic rings. The maximum atomic E-state index is 12.0. The Kier molecular flexibility index (Phi) is 4.61. The molecule has 1 amide bonds. The van der Waals surface area contributed by atoms with Crippen molar-refractivity contribution in [3.05, 3.63) is 34.9 Å². The van der Waals surface area contributed by atoms with Crippen molar-refractivity contribution in [3.63, 3.8) is 0 Å². The first-order chi connectivity index (χ1) is 8.70. The molecule has 2 rings (SSSR count). The zero-order chi connectivity index (χ0) is 13.0. The fraction of sp³-hybridized carbons (Fsp3) is 0.500. The van der Waals surface area contributed by atoms with Crippen LogP contribution in [-0.4, -0.2) is 18.6 Å². The molecule has 1 aromatic rings. The average Bonchev–Trinajstić information content (AvgIpc) is 2.91. The molecule has 0 aliphatic carbocycles. The molecule has 0 spiro atoms. The summed E-state index contributed by atoms with van der Waals surface area (Å²) >= 11 is 5.86. The molecule has 0 aromatic heterocycles. The second-order valence-electron chi connectivity index (χ2n) is 4.52. The highest BCUT2D eigenvalue weighted by atomic mass is 35.5. The van der Waals surface area contributed by atoms with Gasteiger partial charge in [0.05, 0.1) is 6.04 Å². The number of carbonyl (C=O) groups is 1. The van der Waals surface area contributed by atoms with E-state index in [0.29, 0.717) is 11.6 Å². The number of carbonyl (C=O) groups excluding carboxylic acids is 1. The van der Waals surface area contributed by atoms with Gasteiger partial charge in [0.2, 0.25) is 5.91 Å². The van der Waals surface area contributed by atoms with Crippen LogP contribution in [0.25, 0.3) is 0 Å². The van der Waals surface area contributed by atoms with Crippen LogP contribution in [0.2, 0.25) is 5.02 Å². The summed E-state index contributed by atoms with van der Waals surface area (Å²) in [5, 5.41) is 3.74. The van der Waals surface area contributed by atoms with Gasteiger partial charge in [0.25, 0.3) is 0 Å². The standard InChI is InChI=1S/C14H18ClNO2/c1-2-12(10-5-7-11(15)8-6-10)16-14(17)13-4-3-9-18-13/h5-8,12-13H,2-4,9H2,1H3,(H,16,17)/t12-,13+/m0/s1. The van der Waals surface area contributed by atoms with E-state index in [1.165, 1.54) is 0 Å². The topological polar surface area (TPSA) is 38.3 Å². The molecule has 2 atom stereocenters. The van der Waals surface area contributed by atoms with Gasteiger partial charge >= 0.3 is 0 Å². The Balaban J connectivity index is 2.00. The summed E-state index contributed by atoms with van der Waals surface area (Å²) in [6.45, 7) is 2.74. The Morgan fingerprint density at radius 3 is 2.78 bits per heavy atom. The summed E-state index contributed by atoms with van der Waals surface area (Å²) in [4.78, 5) is 12.0. The minimum absolute atomic E-state index is 0.00528. The molecule has 0 saturated carbocycles. The molecule has 98 valence electrons. The van der Waals surface area contributed by atoms with Crippen molar-refractivity contribution in [3.8, 4) is 0 Å². The monoisotopic (exact) mass is 267 g/mol. The molecular formula is C14H18ClNO2. The van der Waals surface area contributed by atoms with Crippen molar-refractivity contribution in [1.82, 2.24) is 5.32 Å². The molecule has 3 nitrogen and oxygen atoms in total. The summed E-state index contributed by atoms with van der Waals surface area (Å²) in [6, 6.07) is 7.62. The molecule has 1 heterocycles. The molecule has 0 unspecified atom stereocenters. The molecule has 1 fully saturated rings. The van der Waals surface area contributed by atoms with Crippen molar-refractivity contribution in [2.75, 3.05) is 6.61 Å². The van der Waals surface area contributed by atoms with Gasteiger partial charge in [0.15, 0.2) is 0 Å². The summed E-state index contributed by atoms with van der Waals surface area (Å²) in [5.41, 5.74) is 1.08. The van der Waals surface area contributed by atoms with Gasteiger partial charge in [-0.05, 0) is 37.0 Å². The lowest BCUT2D eigenvalue weighted by Gasteiger charge is -2.19. The SMILES string of the molecule is CC[C@H](NC(=O)[C@H]1CCCO1)c1ccc(Cl)cc1. The molecular weight excluding hydrogens is 250 g/mol. The van der Waals surface area contributed by atoms with E-state index in [4.69, 9.17) is 16.3 Å². The number of halogens is 1.